The zero-order valence-electron chi connectivity index (χ0n) is 29.4. The molecule has 51 heavy (non-hydrogen) atoms. The number of pyridine rings is 1. The zero-order valence-corrected chi connectivity index (χ0v) is 30.2. The van der Waals surface area contributed by atoms with Gasteiger partial charge in [0.15, 0.2) is 10.7 Å². The van der Waals surface area contributed by atoms with E-state index >= 15 is 0 Å². The van der Waals surface area contributed by atoms with E-state index in [1.165, 1.54) is 24.8 Å². The number of primary amides is 1. The lowest BCUT2D eigenvalue weighted by molar-refractivity contribution is 0.0468. The highest BCUT2D eigenvalue weighted by Gasteiger charge is 2.31. The normalized spacial score (nSPS) is 19.4. The summed E-state index contributed by atoms with van der Waals surface area (Å²) in [5.74, 6) is -0.162. The molecule has 2 fully saturated rings. The number of ether oxygens (including phenoxy) is 3. The first-order valence-electron chi connectivity index (χ1n) is 17.0. The van der Waals surface area contributed by atoms with E-state index in [0.717, 1.165) is 42.9 Å². The molecule has 1 aliphatic heterocycles. The van der Waals surface area contributed by atoms with Crippen LogP contribution < -0.4 is 36.5 Å². The molecule has 5 heterocycles. The van der Waals surface area contributed by atoms with Crippen molar-refractivity contribution >= 4 is 46.3 Å². The minimum atomic E-state index is -0.649. The molecule has 0 unspecified atom stereocenters. The Hall–Kier alpha value is -5.19. The van der Waals surface area contributed by atoms with Crippen molar-refractivity contribution < 1.29 is 28.6 Å². The van der Waals surface area contributed by atoms with Gasteiger partial charge in [0.1, 0.15) is 29.1 Å². The van der Waals surface area contributed by atoms with Crippen LogP contribution in [0.1, 0.15) is 84.3 Å². The fraction of sp³-hybridized carbons (Fsp3) is 0.500. The van der Waals surface area contributed by atoms with Gasteiger partial charge in [-0.15, -0.1) is 11.3 Å². The third-order valence-corrected chi connectivity index (χ3v) is 9.77. The summed E-state index contributed by atoms with van der Waals surface area (Å²) in [6.45, 7) is 8.60. The molecule has 4 aromatic heterocycles. The van der Waals surface area contributed by atoms with E-state index in [4.69, 9.17) is 25.7 Å². The average Bonchev–Trinajstić information content (AvgIpc) is 3.65. The highest BCUT2D eigenvalue weighted by atomic mass is 32.1. The molecule has 1 saturated heterocycles. The molecule has 16 nitrogen and oxygen atoms in total. The van der Waals surface area contributed by atoms with E-state index < -0.39 is 17.6 Å². The third-order valence-electron chi connectivity index (χ3n) is 8.82. The second kappa shape index (κ2) is 14.6. The monoisotopic (exact) mass is 720 g/mol. The van der Waals surface area contributed by atoms with Crippen LogP contribution in [0.2, 0.25) is 0 Å². The van der Waals surface area contributed by atoms with Gasteiger partial charge < -0.3 is 41.2 Å². The number of hydrogen-bond acceptors (Lipinski definition) is 13. The molecule has 1 atom stereocenters. The number of alkyl carbamates (subject to hydrolysis) is 1. The number of nitrogens with one attached hydrogen (secondary N) is 2. The molecule has 0 radical (unpaired) electrons. The van der Waals surface area contributed by atoms with E-state index in [-0.39, 0.29) is 41.4 Å². The van der Waals surface area contributed by atoms with Gasteiger partial charge in [-0.2, -0.15) is 5.10 Å². The van der Waals surface area contributed by atoms with Gasteiger partial charge in [0.2, 0.25) is 11.8 Å². The van der Waals surface area contributed by atoms with Gasteiger partial charge in [0, 0.05) is 25.2 Å². The van der Waals surface area contributed by atoms with Crippen molar-refractivity contribution in [3.8, 4) is 23.1 Å². The number of fused-ring (bicyclic) bond motifs is 1. The number of methoxy groups -OCH3 is 1. The quantitative estimate of drug-likeness (QED) is 0.194. The SMILES string of the molecule is COc1nc(-c2cc(N3CCC[C@@H](NC(=O)c4sc(C)nc4OC4CCC(NC(=O)OC(C)(C)C)CC4)C3)c3c(N)ncnn23)ccc1C(N)=O. The minimum absolute atomic E-state index is 0.00583. The van der Waals surface area contributed by atoms with Crippen molar-refractivity contribution in [2.45, 2.75) is 90.0 Å². The zero-order chi connectivity index (χ0) is 36.4. The van der Waals surface area contributed by atoms with Crippen LogP contribution in [0.4, 0.5) is 16.3 Å². The number of thiazole rings is 1. The van der Waals surface area contributed by atoms with Crippen LogP contribution in [-0.2, 0) is 4.74 Å². The molecule has 1 saturated carbocycles. The number of hydrogen-bond donors (Lipinski definition) is 4. The lowest BCUT2D eigenvalue weighted by atomic mass is 9.93. The summed E-state index contributed by atoms with van der Waals surface area (Å²) in [5, 5.41) is 11.4. The Balaban J connectivity index is 1.14. The molecule has 272 valence electrons. The fourth-order valence-electron chi connectivity index (χ4n) is 6.55. The lowest BCUT2D eigenvalue weighted by Crippen LogP contribution is -2.47. The predicted molar refractivity (Wildman–Crippen MR) is 191 cm³/mol. The van der Waals surface area contributed by atoms with Crippen LogP contribution in [0.25, 0.3) is 16.9 Å². The smallest absolute Gasteiger partial charge is 0.407 e. The Labute approximate surface area is 299 Å². The van der Waals surface area contributed by atoms with Gasteiger partial charge in [-0.25, -0.2) is 24.3 Å². The van der Waals surface area contributed by atoms with Gasteiger partial charge in [0.05, 0.1) is 29.2 Å². The Kier molecular flexibility index (Phi) is 10.2. The van der Waals surface area contributed by atoms with Crippen LogP contribution in [0.5, 0.6) is 11.8 Å². The van der Waals surface area contributed by atoms with Crippen LogP contribution >= 0.6 is 11.3 Å². The Morgan fingerprint density at radius 1 is 1.02 bits per heavy atom. The molecule has 6 N–H and O–H groups in total. The summed E-state index contributed by atoms with van der Waals surface area (Å²) in [6.07, 6.45) is 5.33. The number of nitrogens with two attached hydrogens (primary N) is 2. The predicted octanol–water partition coefficient (Wildman–Crippen LogP) is 3.86. The minimum Gasteiger partial charge on any atom is -0.480 e. The summed E-state index contributed by atoms with van der Waals surface area (Å²) in [6, 6.07) is 4.99. The standard InChI is InChI=1S/C34H44N10O6S/c1-18-39-32(49-21-10-8-19(9-11-21)41-33(47)50-34(2,3)4)27(51-18)30(46)40-20-7-6-14-43(16-20)25-15-24(44-26(25)28(35)37-17-38-44)23-13-12-22(29(36)45)31(42-23)48-5/h12-13,15,17,19-21H,6-11,14,16H2,1-5H3,(H2,36,45)(H,40,46)(H,41,47)(H2,35,37,38)/t19?,20-,21?/m1/s1. The van der Waals surface area contributed by atoms with Crippen molar-refractivity contribution in [1.82, 2.24) is 35.2 Å². The van der Waals surface area contributed by atoms with Gasteiger partial charge in [0.25, 0.3) is 11.8 Å². The summed E-state index contributed by atoms with van der Waals surface area (Å²) in [7, 11) is 1.42. The first-order chi connectivity index (χ1) is 24.3. The molecule has 0 spiro atoms. The number of anilines is 2. The third kappa shape index (κ3) is 8.08. The first-order valence-corrected chi connectivity index (χ1v) is 17.8. The van der Waals surface area contributed by atoms with Crippen LogP contribution in [0.15, 0.2) is 24.5 Å². The first kappa shape index (κ1) is 35.6. The summed E-state index contributed by atoms with van der Waals surface area (Å²) in [4.78, 5) is 53.7. The topological polar surface area (TPSA) is 214 Å². The molecular weight excluding hydrogens is 677 g/mol. The molecule has 0 bridgehead atoms. The number of aryl methyl sites for hydroxylation is 1. The number of amides is 3. The maximum atomic E-state index is 13.7. The number of carbonyl (C=O) groups excluding carboxylic acids is 3. The second-order valence-electron chi connectivity index (χ2n) is 13.8. The molecule has 3 amide bonds. The van der Waals surface area contributed by atoms with Gasteiger partial charge >= 0.3 is 6.09 Å². The molecule has 4 aromatic rings. The number of aromatic nitrogens is 5. The second-order valence-corrected chi connectivity index (χ2v) is 15.0. The van der Waals surface area contributed by atoms with E-state index in [9.17, 15) is 14.4 Å². The maximum Gasteiger partial charge on any atom is 0.407 e. The number of rotatable bonds is 9. The Morgan fingerprint density at radius 3 is 2.49 bits per heavy atom. The van der Waals surface area contributed by atoms with Gasteiger partial charge in [-0.3, -0.25) is 9.59 Å². The molecular formula is C34H44N10O6S. The summed E-state index contributed by atoms with van der Waals surface area (Å²) < 4.78 is 18.7. The van der Waals surface area contributed by atoms with Crippen molar-refractivity contribution in [2.24, 2.45) is 5.73 Å². The largest absolute Gasteiger partial charge is 0.480 e. The van der Waals surface area contributed by atoms with Gasteiger partial charge in [-0.1, -0.05) is 0 Å². The highest BCUT2D eigenvalue weighted by Crippen LogP contribution is 2.36. The summed E-state index contributed by atoms with van der Waals surface area (Å²) in [5.41, 5.74) is 14.0. The van der Waals surface area contributed by atoms with E-state index in [1.807, 2.05) is 33.8 Å². The van der Waals surface area contributed by atoms with E-state index in [0.29, 0.717) is 47.0 Å². The van der Waals surface area contributed by atoms with E-state index in [2.05, 4.69) is 35.6 Å². The number of nitrogen functional groups attached to an aromatic ring is 1. The lowest BCUT2D eigenvalue weighted by Gasteiger charge is -2.34. The Bertz CT molecular complexity index is 1930. The van der Waals surface area contributed by atoms with Crippen molar-refractivity contribution in [1.29, 1.82) is 0 Å². The molecule has 6 rings (SSSR count). The number of carbonyl (C=O) groups is 3. The van der Waals surface area contributed by atoms with E-state index in [1.54, 1.807) is 16.6 Å². The van der Waals surface area contributed by atoms with Crippen LogP contribution in [0.3, 0.4) is 0 Å². The van der Waals surface area contributed by atoms with Crippen molar-refractivity contribution in [3.63, 3.8) is 0 Å². The molecule has 0 aromatic carbocycles. The van der Waals surface area contributed by atoms with Crippen molar-refractivity contribution in [3.05, 3.63) is 40.0 Å². The molecule has 17 heteroatoms. The molecule has 1 aliphatic carbocycles. The highest BCUT2D eigenvalue weighted by molar-refractivity contribution is 7.13. The van der Waals surface area contributed by atoms with Crippen molar-refractivity contribution in [2.75, 3.05) is 30.8 Å². The molecule has 2 aliphatic rings. The van der Waals surface area contributed by atoms with Crippen LogP contribution in [-0.4, -0.2) is 86.5 Å². The van der Waals surface area contributed by atoms with Crippen LogP contribution in [0, 0.1) is 6.92 Å². The average molecular weight is 721 g/mol. The Morgan fingerprint density at radius 2 is 1.78 bits per heavy atom. The summed E-state index contributed by atoms with van der Waals surface area (Å²) >= 11 is 1.30. The fourth-order valence-corrected chi connectivity index (χ4v) is 7.31. The van der Waals surface area contributed by atoms with Gasteiger partial charge in [-0.05, 0) is 84.4 Å². The maximum absolute atomic E-state index is 13.7. The number of piperidine rings is 1. The number of nitrogens with zero attached hydrogens (tertiary/aromatic N) is 6.